The molecule has 0 amide bonds. The van der Waals surface area contributed by atoms with E-state index in [1.54, 1.807) is 54.6 Å². The number of aromatic hydroxyl groups is 1. The second kappa shape index (κ2) is 14.8. The number of nitrogens with two attached hydrogens (primary N) is 2. The Morgan fingerprint density at radius 3 is 1.55 bits per heavy atom. The van der Waals surface area contributed by atoms with Gasteiger partial charge in [-0.2, -0.15) is 37.3 Å². The van der Waals surface area contributed by atoms with Crippen LogP contribution in [0.2, 0.25) is 0 Å². The Bertz CT molecular complexity index is 2810. The number of hydrogen-bond acceptors (Lipinski definition) is 15. The van der Waals surface area contributed by atoms with Gasteiger partial charge in [0, 0.05) is 17.8 Å². The molecular weight excluding hydrogens is 755 g/mol. The highest BCUT2D eigenvalue weighted by molar-refractivity contribution is 7.86. The topological polar surface area (TPSA) is 298 Å². The number of benzene rings is 6. The molecule has 6 rings (SSSR count). The first kappa shape index (κ1) is 37.7. The zero-order valence-electron chi connectivity index (χ0n) is 28.2. The largest absolute Gasteiger partial charge is 0.505 e. The molecular formula is C35H27N9O9S2. The van der Waals surface area contributed by atoms with Gasteiger partial charge in [0.05, 0.1) is 38.7 Å². The minimum atomic E-state index is -5.13. The Morgan fingerprint density at radius 1 is 0.618 bits per heavy atom. The fourth-order valence-electron chi connectivity index (χ4n) is 5.30. The molecule has 18 nitrogen and oxygen atoms in total. The maximum atomic E-state index is 12.4. The lowest BCUT2D eigenvalue weighted by molar-refractivity contribution is -0.384. The fourth-order valence-corrected chi connectivity index (χ4v) is 6.63. The Labute approximate surface area is 311 Å². The van der Waals surface area contributed by atoms with E-state index in [9.17, 15) is 41.2 Å². The summed E-state index contributed by atoms with van der Waals surface area (Å²) in [4.78, 5) is 8.44. The molecule has 0 saturated carbocycles. The van der Waals surface area contributed by atoms with Gasteiger partial charge in [0.25, 0.3) is 25.9 Å². The van der Waals surface area contributed by atoms with Crippen molar-refractivity contribution in [3.8, 4) is 16.9 Å². The summed E-state index contributed by atoms with van der Waals surface area (Å²) in [6, 6.07) is 25.3. The number of non-ortho nitro benzene ring substituents is 1. The van der Waals surface area contributed by atoms with Crippen LogP contribution in [0.1, 0.15) is 5.56 Å². The predicted octanol–water partition coefficient (Wildman–Crippen LogP) is 9.33. The Hall–Kier alpha value is -7.00. The minimum Gasteiger partial charge on any atom is -0.505 e. The number of nitro groups is 1. The maximum Gasteiger partial charge on any atom is 0.296 e. The first-order chi connectivity index (χ1) is 26.0. The van der Waals surface area contributed by atoms with Crippen molar-refractivity contribution in [2.24, 2.45) is 30.7 Å². The number of phenolic OH excluding ortho intramolecular Hbond substituents is 1. The van der Waals surface area contributed by atoms with Crippen molar-refractivity contribution >= 4 is 82.2 Å². The van der Waals surface area contributed by atoms with E-state index in [2.05, 4.69) is 30.7 Å². The van der Waals surface area contributed by atoms with Crippen LogP contribution < -0.4 is 11.5 Å². The van der Waals surface area contributed by atoms with Crippen LogP contribution in [-0.2, 0) is 20.2 Å². The highest BCUT2D eigenvalue weighted by Gasteiger charge is 2.28. The molecule has 0 bridgehead atoms. The molecule has 0 aliphatic rings. The summed E-state index contributed by atoms with van der Waals surface area (Å²) in [6.45, 7) is 1.88. The summed E-state index contributed by atoms with van der Waals surface area (Å²) in [5.41, 5.74) is 14.5. The van der Waals surface area contributed by atoms with Crippen molar-refractivity contribution in [1.82, 2.24) is 0 Å². The second-order valence-electron chi connectivity index (χ2n) is 11.8. The number of rotatable bonds is 10. The molecule has 0 atom stereocenters. The molecule has 20 heteroatoms. The van der Waals surface area contributed by atoms with Crippen molar-refractivity contribution in [3.63, 3.8) is 0 Å². The highest BCUT2D eigenvalue weighted by atomic mass is 32.2. The highest BCUT2D eigenvalue weighted by Crippen LogP contribution is 2.48. The monoisotopic (exact) mass is 781 g/mol. The number of fused-ring (bicyclic) bond motifs is 1. The molecule has 0 radical (unpaired) electrons. The molecule has 0 aliphatic carbocycles. The Morgan fingerprint density at radius 2 is 1.07 bits per heavy atom. The molecule has 0 spiro atoms. The van der Waals surface area contributed by atoms with Crippen LogP contribution >= 0.6 is 0 Å². The van der Waals surface area contributed by atoms with Crippen LogP contribution in [0.25, 0.3) is 21.9 Å². The normalized spacial score (nSPS) is 12.3. The molecule has 0 aromatic heterocycles. The van der Waals surface area contributed by atoms with E-state index in [0.29, 0.717) is 17.1 Å². The third-order valence-corrected chi connectivity index (χ3v) is 9.76. The van der Waals surface area contributed by atoms with Gasteiger partial charge < -0.3 is 16.6 Å². The molecule has 0 heterocycles. The fraction of sp³-hybridized carbons (Fsp3) is 0.0286. The molecule has 55 heavy (non-hydrogen) atoms. The van der Waals surface area contributed by atoms with Crippen molar-refractivity contribution < 1.29 is 36.0 Å². The van der Waals surface area contributed by atoms with Gasteiger partial charge in [-0.05, 0) is 95.7 Å². The van der Waals surface area contributed by atoms with Gasteiger partial charge in [0.1, 0.15) is 21.2 Å². The zero-order valence-corrected chi connectivity index (χ0v) is 29.8. The average Bonchev–Trinajstić information content (AvgIpc) is 3.13. The van der Waals surface area contributed by atoms with Gasteiger partial charge in [-0.3, -0.25) is 19.2 Å². The summed E-state index contributed by atoms with van der Waals surface area (Å²) in [5, 5.41) is 45.7. The molecule has 0 aliphatic heterocycles. The van der Waals surface area contributed by atoms with Crippen molar-refractivity contribution in [1.29, 1.82) is 0 Å². The van der Waals surface area contributed by atoms with E-state index in [1.807, 2.05) is 19.1 Å². The number of anilines is 2. The summed E-state index contributed by atoms with van der Waals surface area (Å²) in [7, 11) is -10.2. The number of azo groups is 3. The number of nitrogen functional groups attached to an aromatic ring is 2. The van der Waals surface area contributed by atoms with E-state index < -0.39 is 57.8 Å². The van der Waals surface area contributed by atoms with E-state index in [4.69, 9.17) is 11.5 Å². The maximum absolute atomic E-state index is 12.4. The number of hydrogen-bond donors (Lipinski definition) is 5. The molecule has 7 N–H and O–H groups in total. The first-order valence-corrected chi connectivity index (χ1v) is 18.5. The van der Waals surface area contributed by atoms with E-state index in [-0.39, 0.29) is 27.8 Å². The van der Waals surface area contributed by atoms with Crippen LogP contribution in [-0.4, -0.2) is 36.0 Å². The van der Waals surface area contributed by atoms with Gasteiger partial charge in [-0.15, -0.1) is 10.2 Å². The SMILES string of the molecule is Cc1cc(N)ccc1N=Nc1ccc(-c2ccc(N=Nc3c(S(=O)(=O)O)cc4cc(S(=O)(=O)O)c(N=Nc5ccc([N+](=O)[O-])cc5)c(N)c4c3O)cc2)cc1. The lowest BCUT2D eigenvalue weighted by atomic mass is 10.0. The minimum absolute atomic E-state index is 0.0294. The summed E-state index contributed by atoms with van der Waals surface area (Å²) >= 11 is 0. The molecule has 0 saturated heterocycles. The number of phenols is 1. The Balaban J connectivity index is 1.33. The Kier molecular flexibility index (Phi) is 10.2. The second-order valence-corrected chi connectivity index (χ2v) is 14.6. The molecule has 0 unspecified atom stereocenters. The summed E-state index contributed by atoms with van der Waals surface area (Å²) < 4.78 is 69.6. The molecule has 6 aromatic rings. The number of nitrogens with zero attached hydrogens (tertiary/aromatic N) is 7. The summed E-state index contributed by atoms with van der Waals surface area (Å²) in [6.07, 6.45) is 0. The van der Waals surface area contributed by atoms with Crippen LogP contribution in [0.15, 0.2) is 144 Å². The van der Waals surface area contributed by atoms with E-state index in [1.165, 1.54) is 12.1 Å². The van der Waals surface area contributed by atoms with Gasteiger partial charge in [-0.1, -0.05) is 24.3 Å². The van der Waals surface area contributed by atoms with Crippen LogP contribution in [0.4, 0.5) is 51.2 Å². The number of aryl methyl sites for hydroxylation is 1. The zero-order chi connectivity index (χ0) is 39.7. The lowest BCUT2D eigenvalue weighted by Gasteiger charge is -2.14. The van der Waals surface area contributed by atoms with Crippen molar-refractivity contribution in [2.75, 3.05) is 11.5 Å². The third kappa shape index (κ3) is 8.31. The van der Waals surface area contributed by atoms with Crippen LogP contribution in [0.3, 0.4) is 0 Å². The van der Waals surface area contributed by atoms with Crippen molar-refractivity contribution in [2.45, 2.75) is 16.7 Å². The quantitative estimate of drug-likeness (QED) is 0.0286. The van der Waals surface area contributed by atoms with Gasteiger partial charge in [-0.25, -0.2) is 0 Å². The van der Waals surface area contributed by atoms with E-state index >= 15 is 0 Å². The smallest absolute Gasteiger partial charge is 0.296 e. The van der Waals surface area contributed by atoms with Crippen LogP contribution in [0.5, 0.6) is 5.75 Å². The third-order valence-electron chi connectivity index (χ3n) is 8.02. The van der Waals surface area contributed by atoms with Gasteiger partial charge in [0.15, 0.2) is 5.75 Å². The molecule has 6 aromatic carbocycles. The first-order valence-electron chi connectivity index (χ1n) is 15.6. The molecule has 278 valence electrons. The number of nitro benzene ring substituents is 1. The lowest BCUT2D eigenvalue weighted by Crippen LogP contribution is -2.03. The van der Waals surface area contributed by atoms with Crippen LogP contribution in [0, 0.1) is 17.0 Å². The van der Waals surface area contributed by atoms with E-state index in [0.717, 1.165) is 41.0 Å². The summed E-state index contributed by atoms with van der Waals surface area (Å²) in [5.74, 6) is -0.930. The average molecular weight is 782 g/mol. The predicted molar refractivity (Wildman–Crippen MR) is 203 cm³/mol. The van der Waals surface area contributed by atoms with Gasteiger partial charge >= 0.3 is 0 Å². The standard InChI is InChI=1S/C35H27N9O9S2/c1-19-16-23(36)6-15-28(19)41-38-24-7-2-20(3-8-24)21-4-9-25(10-5-21)40-43-34-30(55(51,52)53)18-22-17-29(54(48,49)50)33(32(37)31(22)35(34)45)42-39-26-11-13-27(14-12-26)44(46)47/h2-18,45H,36-37H2,1H3,(H,48,49,50)(H,51,52,53). The molecule has 0 fully saturated rings. The van der Waals surface area contributed by atoms with Crippen molar-refractivity contribution in [3.05, 3.63) is 119 Å². The van der Waals surface area contributed by atoms with Gasteiger partial charge in [0.2, 0.25) is 0 Å².